The molecule has 1 N–H and O–H groups in total. The summed E-state index contributed by atoms with van der Waals surface area (Å²) in [4.78, 5) is 11.1. The fraction of sp³-hybridized carbons (Fsp3) is 0. The lowest BCUT2D eigenvalue weighted by molar-refractivity contribution is 0.0697. The van der Waals surface area contributed by atoms with Gasteiger partial charge in [-0.15, -0.1) is 0 Å². The Balaban J connectivity index is 2.60. The van der Waals surface area contributed by atoms with E-state index in [4.69, 9.17) is 10.4 Å². The first-order chi connectivity index (χ1) is 8.61. The zero-order chi connectivity index (χ0) is 13.1. The van der Waals surface area contributed by atoms with Crippen LogP contribution >= 0.6 is 0 Å². The van der Waals surface area contributed by atoms with Gasteiger partial charge >= 0.3 is 5.97 Å². The Kier molecular flexibility index (Phi) is 3.07. The highest BCUT2D eigenvalue weighted by Crippen LogP contribution is 2.25. The van der Waals surface area contributed by atoms with Gasteiger partial charge in [0.2, 0.25) is 0 Å². The Labute approximate surface area is 103 Å². The average molecular weight is 241 g/mol. The van der Waals surface area contributed by atoms with E-state index in [1.165, 1.54) is 36.4 Å². The molecular formula is C14H8FNO2. The van der Waals surface area contributed by atoms with Gasteiger partial charge in [0.25, 0.3) is 0 Å². The largest absolute Gasteiger partial charge is 0.478 e. The van der Waals surface area contributed by atoms with E-state index in [2.05, 4.69) is 0 Å². The second-order valence-corrected chi connectivity index (χ2v) is 3.68. The molecule has 0 saturated carbocycles. The van der Waals surface area contributed by atoms with Crippen LogP contribution in [-0.2, 0) is 0 Å². The molecule has 0 atom stereocenters. The highest BCUT2D eigenvalue weighted by Gasteiger charge is 2.12. The van der Waals surface area contributed by atoms with E-state index >= 15 is 0 Å². The minimum absolute atomic E-state index is 0.0284. The van der Waals surface area contributed by atoms with E-state index in [1.807, 2.05) is 6.07 Å². The van der Waals surface area contributed by atoms with Crippen LogP contribution in [0.4, 0.5) is 4.39 Å². The van der Waals surface area contributed by atoms with Gasteiger partial charge in [-0.1, -0.05) is 18.2 Å². The lowest BCUT2D eigenvalue weighted by Gasteiger charge is -2.06. The van der Waals surface area contributed by atoms with Gasteiger partial charge in [0.1, 0.15) is 5.82 Å². The first-order valence-electron chi connectivity index (χ1n) is 5.15. The number of carboxylic acid groups (broad SMARTS) is 1. The van der Waals surface area contributed by atoms with Crippen LogP contribution in [0.2, 0.25) is 0 Å². The fourth-order valence-corrected chi connectivity index (χ4v) is 1.67. The molecule has 2 aromatic carbocycles. The van der Waals surface area contributed by atoms with Crippen molar-refractivity contribution in [3.8, 4) is 17.2 Å². The van der Waals surface area contributed by atoms with E-state index in [9.17, 15) is 9.18 Å². The van der Waals surface area contributed by atoms with Crippen LogP contribution in [0.3, 0.4) is 0 Å². The quantitative estimate of drug-likeness (QED) is 0.878. The third-order valence-electron chi connectivity index (χ3n) is 2.53. The molecule has 0 saturated heterocycles. The summed E-state index contributed by atoms with van der Waals surface area (Å²) in [5.41, 5.74) is 1.36. The average Bonchev–Trinajstić information content (AvgIpc) is 2.39. The zero-order valence-corrected chi connectivity index (χ0v) is 9.22. The van der Waals surface area contributed by atoms with Crippen LogP contribution < -0.4 is 0 Å². The lowest BCUT2D eigenvalue weighted by atomic mass is 9.98. The minimum Gasteiger partial charge on any atom is -0.478 e. The topological polar surface area (TPSA) is 61.1 Å². The summed E-state index contributed by atoms with van der Waals surface area (Å²) >= 11 is 0. The van der Waals surface area contributed by atoms with Crippen LogP contribution in [0, 0.1) is 17.1 Å². The minimum atomic E-state index is -1.12. The van der Waals surface area contributed by atoms with Gasteiger partial charge in [-0.25, -0.2) is 9.18 Å². The number of hydrogen-bond acceptors (Lipinski definition) is 2. The molecule has 4 heteroatoms. The van der Waals surface area contributed by atoms with Crippen LogP contribution in [0.25, 0.3) is 11.1 Å². The van der Waals surface area contributed by atoms with Crippen LogP contribution in [0.15, 0.2) is 42.5 Å². The summed E-state index contributed by atoms with van der Waals surface area (Å²) in [5.74, 6) is -1.50. The molecule has 0 fully saturated rings. The Morgan fingerprint density at radius 1 is 1.17 bits per heavy atom. The predicted octanol–water partition coefficient (Wildman–Crippen LogP) is 3.06. The first-order valence-corrected chi connectivity index (χ1v) is 5.15. The van der Waals surface area contributed by atoms with E-state index in [0.717, 1.165) is 0 Å². The molecule has 0 unspecified atom stereocenters. The molecule has 2 rings (SSSR count). The maximum atomic E-state index is 12.8. The third-order valence-corrected chi connectivity index (χ3v) is 2.53. The second-order valence-electron chi connectivity index (χ2n) is 3.68. The molecule has 0 aliphatic carbocycles. The second kappa shape index (κ2) is 4.68. The molecule has 0 spiro atoms. The van der Waals surface area contributed by atoms with Crippen molar-refractivity contribution in [2.75, 3.05) is 0 Å². The van der Waals surface area contributed by atoms with Crippen LogP contribution in [0.5, 0.6) is 0 Å². The molecule has 88 valence electrons. The summed E-state index contributed by atoms with van der Waals surface area (Å²) in [6.07, 6.45) is 0. The molecule has 0 bridgehead atoms. The molecule has 2 aromatic rings. The van der Waals surface area contributed by atoms with Crippen LogP contribution in [-0.4, -0.2) is 11.1 Å². The molecule has 0 aromatic heterocycles. The summed E-state index contributed by atoms with van der Waals surface area (Å²) in [5, 5.41) is 17.9. The van der Waals surface area contributed by atoms with Crippen molar-refractivity contribution in [3.63, 3.8) is 0 Å². The van der Waals surface area contributed by atoms with Crippen molar-refractivity contribution in [1.29, 1.82) is 5.26 Å². The maximum Gasteiger partial charge on any atom is 0.336 e. The van der Waals surface area contributed by atoms with Crippen molar-refractivity contribution in [2.24, 2.45) is 0 Å². The van der Waals surface area contributed by atoms with E-state index < -0.39 is 5.97 Å². The molecule has 18 heavy (non-hydrogen) atoms. The summed E-state index contributed by atoms with van der Waals surface area (Å²) in [7, 11) is 0. The van der Waals surface area contributed by atoms with Crippen molar-refractivity contribution in [1.82, 2.24) is 0 Å². The van der Waals surface area contributed by atoms with Gasteiger partial charge in [-0.2, -0.15) is 5.26 Å². The third kappa shape index (κ3) is 2.20. The summed E-state index contributed by atoms with van der Waals surface area (Å²) < 4.78 is 12.8. The molecule has 0 aliphatic heterocycles. The normalized spacial score (nSPS) is 9.78. The van der Waals surface area contributed by atoms with Gasteiger partial charge in [-0.3, -0.25) is 0 Å². The number of halogens is 1. The lowest BCUT2D eigenvalue weighted by Crippen LogP contribution is -2.00. The Hall–Kier alpha value is -2.67. The predicted molar refractivity (Wildman–Crippen MR) is 63.5 cm³/mol. The number of nitriles is 1. The molecule has 0 aliphatic rings. The van der Waals surface area contributed by atoms with Crippen molar-refractivity contribution >= 4 is 5.97 Å². The number of benzene rings is 2. The van der Waals surface area contributed by atoms with Crippen LogP contribution in [0.1, 0.15) is 15.9 Å². The molecular weight excluding hydrogens is 233 g/mol. The standard InChI is InChI=1S/C14H8FNO2/c15-11-4-2-10(3-5-11)12-6-1-9(8-16)7-13(12)14(17)18/h1-7H,(H,17,18). The van der Waals surface area contributed by atoms with E-state index in [1.54, 1.807) is 6.07 Å². The highest BCUT2D eigenvalue weighted by molar-refractivity contribution is 5.96. The Morgan fingerprint density at radius 2 is 1.83 bits per heavy atom. The van der Waals surface area contributed by atoms with Gasteiger partial charge in [0, 0.05) is 0 Å². The Bertz CT molecular complexity index is 642. The smallest absolute Gasteiger partial charge is 0.336 e. The monoisotopic (exact) mass is 241 g/mol. The van der Waals surface area contributed by atoms with Gasteiger partial charge in [0.05, 0.1) is 17.2 Å². The summed E-state index contributed by atoms with van der Waals surface area (Å²) in [6, 6.07) is 11.8. The number of carboxylic acids is 1. The van der Waals surface area contributed by atoms with Gasteiger partial charge in [0.15, 0.2) is 0 Å². The number of nitrogens with zero attached hydrogens (tertiary/aromatic N) is 1. The van der Waals surface area contributed by atoms with Crippen molar-refractivity contribution in [3.05, 3.63) is 59.4 Å². The van der Waals surface area contributed by atoms with Crippen molar-refractivity contribution < 1.29 is 14.3 Å². The fourth-order valence-electron chi connectivity index (χ4n) is 1.67. The summed E-state index contributed by atoms with van der Waals surface area (Å²) in [6.45, 7) is 0. The number of rotatable bonds is 2. The SMILES string of the molecule is N#Cc1ccc(-c2ccc(F)cc2)c(C(=O)O)c1. The molecule has 0 radical (unpaired) electrons. The molecule has 0 amide bonds. The number of hydrogen-bond donors (Lipinski definition) is 1. The molecule has 3 nitrogen and oxygen atoms in total. The van der Waals surface area contributed by atoms with Gasteiger partial charge < -0.3 is 5.11 Å². The molecule has 0 heterocycles. The van der Waals surface area contributed by atoms with E-state index in [-0.39, 0.29) is 16.9 Å². The Morgan fingerprint density at radius 3 is 2.39 bits per heavy atom. The first kappa shape index (κ1) is 11.8. The zero-order valence-electron chi connectivity index (χ0n) is 9.22. The van der Waals surface area contributed by atoms with Crippen molar-refractivity contribution in [2.45, 2.75) is 0 Å². The van der Waals surface area contributed by atoms with E-state index in [0.29, 0.717) is 11.1 Å². The number of carbonyl (C=O) groups is 1. The maximum absolute atomic E-state index is 12.8. The highest BCUT2D eigenvalue weighted by atomic mass is 19.1. The van der Waals surface area contributed by atoms with Gasteiger partial charge in [-0.05, 0) is 35.4 Å². The number of aromatic carboxylic acids is 1.